The fourth-order valence-corrected chi connectivity index (χ4v) is 1.88. The summed E-state index contributed by atoms with van der Waals surface area (Å²) in [4.78, 5) is 11.2. The normalized spacial score (nSPS) is 11.6. The average molecular weight is 240 g/mol. The maximum atomic E-state index is 11.2. The summed E-state index contributed by atoms with van der Waals surface area (Å²) in [6.45, 7) is 4.41. The van der Waals surface area contributed by atoms with Crippen molar-refractivity contribution in [3.05, 3.63) is 11.6 Å². The highest BCUT2D eigenvalue weighted by Gasteiger charge is 2.02. The molecular weight excluding hydrogens is 212 g/mol. The second-order valence-corrected chi connectivity index (χ2v) is 4.59. The minimum absolute atomic E-state index is 0.202. The van der Waals surface area contributed by atoms with Gasteiger partial charge in [-0.3, -0.25) is 0 Å². The summed E-state index contributed by atoms with van der Waals surface area (Å²) in [6, 6.07) is 0. The van der Waals surface area contributed by atoms with E-state index in [-0.39, 0.29) is 5.97 Å². The Morgan fingerprint density at radius 3 is 2.00 bits per heavy atom. The molecule has 0 amide bonds. The number of rotatable bonds is 10. The minimum Gasteiger partial charge on any atom is -0.466 e. The zero-order chi connectivity index (χ0) is 12.9. The van der Waals surface area contributed by atoms with Crippen LogP contribution in [0.1, 0.15) is 71.6 Å². The first kappa shape index (κ1) is 16.2. The molecule has 17 heavy (non-hydrogen) atoms. The Labute approximate surface area is 106 Å². The standard InChI is InChI=1S/C15H28O2/c1-4-6-8-10-12-14(11-9-7-5-2)13-15(16)17-3/h13H,4-12H2,1-3H3/b14-13+. The van der Waals surface area contributed by atoms with Crippen molar-refractivity contribution >= 4 is 5.97 Å². The third-order valence-corrected chi connectivity index (χ3v) is 2.98. The van der Waals surface area contributed by atoms with Crippen molar-refractivity contribution in [1.82, 2.24) is 0 Å². The van der Waals surface area contributed by atoms with Crippen LogP contribution in [-0.4, -0.2) is 13.1 Å². The monoisotopic (exact) mass is 240 g/mol. The highest BCUT2D eigenvalue weighted by Crippen LogP contribution is 2.17. The number of esters is 1. The molecule has 0 N–H and O–H groups in total. The molecule has 0 aromatic rings. The van der Waals surface area contributed by atoms with Crippen LogP contribution in [0, 0.1) is 0 Å². The predicted molar refractivity (Wildman–Crippen MR) is 73.0 cm³/mol. The number of allylic oxidation sites excluding steroid dienone is 1. The van der Waals surface area contributed by atoms with Gasteiger partial charge in [0.1, 0.15) is 0 Å². The van der Waals surface area contributed by atoms with Gasteiger partial charge in [0.25, 0.3) is 0 Å². The molecule has 0 fully saturated rings. The first-order valence-corrected chi connectivity index (χ1v) is 7.02. The van der Waals surface area contributed by atoms with Crippen molar-refractivity contribution in [3.63, 3.8) is 0 Å². The molecule has 0 saturated carbocycles. The van der Waals surface area contributed by atoms with Gasteiger partial charge in [-0.2, -0.15) is 0 Å². The van der Waals surface area contributed by atoms with Gasteiger partial charge in [0.05, 0.1) is 7.11 Å². The molecule has 0 unspecified atom stereocenters. The van der Waals surface area contributed by atoms with Crippen LogP contribution < -0.4 is 0 Å². The maximum absolute atomic E-state index is 11.2. The van der Waals surface area contributed by atoms with Crippen molar-refractivity contribution in [3.8, 4) is 0 Å². The van der Waals surface area contributed by atoms with Crippen LogP contribution in [0.2, 0.25) is 0 Å². The Morgan fingerprint density at radius 1 is 0.941 bits per heavy atom. The Kier molecular flexibility index (Phi) is 11.1. The van der Waals surface area contributed by atoms with Gasteiger partial charge < -0.3 is 4.74 Å². The molecule has 2 nitrogen and oxygen atoms in total. The maximum Gasteiger partial charge on any atom is 0.330 e. The summed E-state index contributed by atoms with van der Waals surface area (Å²) in [5.41, 5.74) is 1.27. The molecule has 2 heteroatoms. The van der Waals surface area contributed by atoms with Crippen LogP contribution >= 0.6 is 0 Å². The fourth-order valence-electron chi connectivity index (χ4n) is 1.88. The number of hydrogen-bond donors (Lipinski definition) is 0. The van der Waals surface area contributed by atoms with E-state index in [0.717, 1.165) is 12.8 Å². The Morgan fingerprint density at radius 2 is 1.47 bits per heavy atom. The Bertz CT molecular complexity index is 219. The van der Waals surface area contributed by atoms with Crippen LogP contribution in [0.5, 0.6) is 0 Å². The lowest BCUT2D eigenvalue weighted by Gasteiger charge is -2.07. The largest absolute Gasteiger partial charge is 0.466 e. The summed E-state index contributed by atoms with van der Waals surface area (Å²) in [7, 11) is 1.44. The molecule has 0 bridgehead atoms. The molecule has 0 atom stereocenters. The van der Waals surface area contributed by atoms with Gasteiger partial charge in [-0.25, -0.2) is 4.79 Å². The van der Waals surface area contributed by atoms with Gasteiger partial charge in [-0.05, 0) is 25.7 Å². The van der Waals surface area contributed by atoms with Crippen LogP contribution in [0.4, 0.5) is 0 Å². The van der Waals surface area contributed by atoms with Gasteiger partial charge in [0, 0.05) is 6.08 Å². The first-order valence-electron chi connectivity index (χ1n) is 7.02. The van der Waals surface area contributed by atoms with E-state index in [1.165, 1.54) is 57.6 Å². The molecule has 0 aliphatic carbocycles. The van der Waals surface area contributed by atoms with Crippen molar-refractivity contribution in [2.45, 2.75) is 71.6 Å². The number of carbonyl (C=O) groups is 1. The zero-order valence-corrected chi connectivity index (χ0v) is 11.8. The quantitative estimate of drug-likeness (QED) is 0.316. The number of ether oxygens (including phenoxy) is 1. The van der Waals surface area contributed by atoms with Crippen molar-refractivity contribution in [2.24, 2.45) is 0 Å². The van der Waals surface area contributed by atoms with E-state index in [2.05, 4.69) is 13.8 Å². The average Bonchev–Trinajstić information content (AvgIpc) is 2.34. The molecule has 0 aliphatic rings. The molecule has 0 radical (unpaired) electrons. The van der Waals surface area contributed by atoms with E-state index in [0.29, 0.717) is 0 Å². The number of methoxy groups -OCH3 is 1. The molecule has 0 rings (SSSR count). The molecule has 0 saturated heterocycles. The lowest BCUT2D eigenvalue weighted by atomic mass is 10.0. The summed E-state index contributed by atoms with van der Waals surface area (Å²) in [5.74, 6) is -0.202. The van der Waals surface area contributed by atoms with Gasteiger partial charge in [0.15, 0.2) is 0 Å². The summed E-state index contributed by atoms with van der Waals surface area (Å²) in [5, 5.41) is 0. The highest BCUT2D eigenvalue weighted by atomic mass is 16.5. The molecule has 0 aliphatic heterocycles. The second kappa shape index (κ2) is 11.7. The van der Waals surface area contributed by atoms with E-state index in [4.69, 9.17) is 4.74 Å². The van der Waals surface area contributed by atoms with Crippen molar-refractivity contribution in [2.75, 3.05) is 7.11 Å². The summed E-state index contributed by atoms with van der Waals surface area (Å²) < 4.78 is 4.70. The summed E-state index contributed by atoms with van der Waals surface area (Å²) in [6.07, 6.45) is 12.5. The van der Waals surface area contributed by atoms with E-state index in [1.54, 1.807) is 6.08 Å². The Hall–Kier alpha value is -0.790. The lowest BCUT2D eigenvalue weighted by molar-refractivity contribution is -0.134. The molecular formula is C15H28O2. The van der Waals surface area contributed by atoms with E-state index < -0.39 is 0 Å². The van der Waals surface area contributed by atoms with E-state index in [9.17, 15) is 4.79 Å². The molecule has 100 valence electrons. The second-order valence-electron chi connectivity index (χ2n) is 4.59. The van der Waals surface area contributed by atoms with E-state index >= 15 is 0 Å². The molecule has 0 aromatic carbocycles. The highest BCUT2D eigenvalue weighted by molar-refractivity contribution is 5.82. The van der Waals surface area contributed by atoms with Gasteiger partial charge in [0.2, 0.25) is 0 Å². The van der Waals surface area contributed by atoms with Crippen molar-refractivity contribution < 1.29 is 9.53 Å². The number of unbranched alkanes of at least 4 members (excludes halogenated alkanes) is 5. The molecule has 0 spiro atoms. The summed E-state index contributed by atoms with van der Waals surface area (Å²) >= 11 is 0. The van der Waals surface area contributed by atoms with E-state index in [1.807, 2.05) is 0 Å². The van der Waals surface area contributed by atoms with Crippen molar-refractivity contribution in [1.29, 1.82) is 0 Å². The van der Waals surface area contributed by atoms with Crippen LogP contribution in [0.15, 0.2) is 11.6 Å². The van der Waals surface area contributed by atoms with Crippen LogP contribution in [0.3, 0.4) is 0 Å². The SMILES string of the molecule is CCCCCC/C(=C/C(=O)OC)CCCCC. The van der Waals surface area contributed by atoms with Gasteiger partial charge >= 0.3 is 5.97 Å². The van der Waals surface area contributed by atoms with Crippen LogP contribution in [-0.2, 0) is 9.53 Å². The topological polar surface area (TPSA) is 26.3 Å². The minimum atomic E-state index is -0.202. The number of hydrogen-bond acceptors (Lipinski definition) is 2. The van der Waals surface area contributed by atoms with Crippen LogP contribution in [0.25, 0.3) is 0 Å². The third kappa shape index (κ3) is 10.1. The lowest BCUT2D eigenvalue weighted by Crippen LogP contribution is -1.98. The Balaban J connectivity index is 4.01. The molecule has 0 heterocycles. The van der Waals surface area contributed by atoms with Gasteiger partial charge in [-0.15, -0.1) is 0 Å². The fraction of sp³-hybridized carbons (Fsp3) is 0.800. The molecule has 0 aromatic heterocycles. The first-order chi connectivity index (χ1) is 8.24. The predicted octanol–water partition coefficient (Wildman–Crippen LogP) is 4.64. The number of carbonyl (C=O) groups excluding carboxylic acids is 1. The smallest absolute Gasteiger partial charge is 0.330 e. The zero-order valence-electron chi connectivity index (χ0n) is 11.8. The third-order valence-electron chi connectivity index (χ3n) is 2.98. The van der Waals surface area contributed by atoms with Gasteiger partial charge in [-0.1, -0.05) is 51.5 Å².